The van der Waals surface area contributed by atoms with E-state index in [-0.39, 0.29) is 0 Å². The van der Waals surface area contributed by atoms with Gasteiger partial charge in [0.1, 0.15) is 0 Å². The van der Waals surface area contributed by atoms with E-state index in [2.05, 4.69) is 10.2 Å². The average molecular weight is 200 g/mol. The molecule has 3 nitrogen and oxygen atoms in total. The molecule has 1 unspecified atom stereocenters. The lowest BCUT2D eigenvalue weighted by atomic mass is 10.1. The summed E-state index contributed by atoms with van der Waals surface area (Å²) in [4.78, 5) is 2.54. The van der Waals surface area contributed by atoms with Gasteiger partial charge in [0.05, 0.1) is 0 Å². The van der Waals surface area contributed by atoms with Crippen LogP contribution >= 0.6 is 0 Å². The Bertz CT molecular complexity index is 141. The lowest BCUT2D eigenvalue weighted by molar-refractivity contribution is 0.175. The number of aliphatic hydroxyl groups excluding tert-OH is 1. The van der Waals surface area contributed by atoms with Crippen molar-refractivity contribution < 1.29 is 5.11 Å². The van der Waals surface area contributed by atoms with Crippen LogP contribution in [0.4, 0.5) is 0 Å². The highest BCUT2D eigenvalue weighted by Crippen LogP contribution is 2.16. The molecule has 2 N–H and O–H groups in total. The summed E-state index contributed by atoms with van der Waals surface area (Å²) in [6, 6.07) is 0.689. The van der Waals surface area contributed by atoms with E-state index in [0.29, 0.717) is 12.6 Å². The fourth-order valence-electron chi connectivity index (χ4n) is 2.27. The highest BCUT2D eigenvalue weighted by Gasteiger charge is 2.19. The molecule has 0 saturated carbocycles. The van der Waals surface area contributed by atoms with Gasteiger partial charge < -0.3 is 10.4 Å². The first kappa shape index (κ1) is 12.0. The van der Waals surface area contributed by atoms with Gasteiger partial charge in [0.25, 0.3) is 0 Å². The van der Waals surface area contributed by atoms with Gasteiger partial charge in [-0.1, -0.05) is 12.8 Å². The van der Waals surface area contributed by atoms with Crippen LogP contribution in [-0.4, -0.2) is 49.3 Å². The number of hydrogen-bond donors (Lipinski definition) is 2. The molecule has 0 aromatic rings. The van der Waals surface area contributed by atoms with Gasteiger partial charge in [0.2, 0.25) is 0 Å². The second kappa shape index (κ2) is 7.21. The molecule has 0 radical (unpaired) electrons. The number of likely N-dealkylation sites (tertiary alicyclic amines) is 1. The van der Waals surface area contributed by atoms with Gasteiger partial charge in [-0.05, 0) is 32.9 Å². The van der Waals surface area contributed by atoms with E-state index in [1.54, 1.807) is 0 Å². The number of nitrogens with zero attached hydrogens (tertiary/aromatic N) is 1. The topological polar surface area (TPSA) is 35.5 Å². The molecule has 3 heteroatoms. The van der Waals surface area contributed by atoms with Crippen LogP contribution in [0.15, 0.2) is 0 Å². The smallest absolute Gasteiger partial charge is 0.0443 e. The second-order valence-electron chi connectivity index (χ2n) is 4.17. The largest absolute Gasteiger partial charge is 0.396 e. The van der Waals surface area contributed by atoms with Gasteiger partial charge >= 0.3 is 0 Å². The SMILES string of the molecule is CNCC1CCCCCN1CCCO. The average Bonchev–Trinajstić information content (AvgIpc) is 2.41. The van der Waals surface area contributed by atoms with E-state index in [0.717, 1.165) is 19.5 Å². The van der Waals surface area contributed by atoms with Crippen LogP contribution in [0.25, 0.3) is 0 Å². The van der Waals surface area contributed by atoms with Gasteiger partial charge in [-0.15, -0.1) is 0 Å². The molecular weight excluding hydrogens is 176 g/mol. The van der Waals surface area contributed by atoms with Crippen molar-refractivity contribution in [2.45, 2.75) is 38.1 Å². The van der Waals surface area contributed by atoms with Crippen molar-refractivity contribution in [1.29, 1.82) is 0 Å². The molecule has 1 saturated heterocycles. The van der Waals surface area contributed by atoms with Crippen LogP contribution in [0.5, 0.6) is 0 Å². The zero-order valence-electron chi connectivity index (χ0n) is 9.34. The summed E-state index contributed by atoms with van der Waals surface area (Å²) in [5, 5.41) is 12.1. The molecule has 0 spiro atoms. The van der Waals surface area contributed by atoms with Crippen molar-refractivity contribution in [1.82, 2.24) is 10.2 Å². The molecule has 84 valence electrons. The van der Waals surface area contributed by atoms with Gasteiger partial charge in [-0.25, -0.2) is 0 Å². The Labute approximate surface area is 87.5 Å². The molecular formula is C11H24N2O. The molecule has 1 heterocycles. The van der Waals surface area contributed by atoms with Crippen LogP contribution in [-0.2, 0) is 0 Å². The Kier molecular flexibility index (Phi) is 6.15. The van der Waals surface area contributed by atoms with Crippen LogP contribution in [0.3, 0.4) is 0 Å². The number of nitrogens with one attached hydrogen (secondary N) is 1. The fourth-order valence-corrected chi connectivity index (χ4v) is 2.27. The van der Waals surface area contributed by atoms with Crippen molar-refractivity contribution in [3.05, 3.63) is 0 Å². The summed E-state index contributed by atoms with van der Waals surface area (Å²) in [6.07, 6.45) is 6.29. The molecule has 1 aliphatic heterocycles. The van der Waals surface area contributed by atoms with E-state index in [4.69, 9.17) is 5.11 Å². The predicted octanol–water partition coefficient (Wildman–Crippen LogP) is 0.833. The zero-order chi connectivity index (χ0) is 10.2. The quantitative estimate of drug-likeness (QED) is 0.690. The minimum Gasteiger partial charge on any atom is -0.396 e. The maximum Gasteiger partial charge on any atom is 0.0443 e. The van der Waals surface area contributed by atoms with Crippen LogP contribution < -0.4 is 5.32 Å². The molecule has 0 aliphatic carbocycles. The lowest BCUT2D eigenvalue weighted by Gasteiger charge is -2.29. The Hall–Kier alpha value is -0.120. The molecule has 0 amide bonds. The highest BCUT2D eigenvalue weighted by atomic mass is 16.3. The highest BCUT2D eigenvalue weighted by molar-refractivity contribution is 4.76. The predicted molar refractivity (Wildman–Crippen MR) is 59.5 cm³/mol. The molecule has 1 rings (SSSR count). The zero-order valence-corrected chi connectivity index (χ0v) is 9.34. The Morgan fingerprint density at radius 3 is 2.93 bits per heavy atom. The molecule has 1 aliphatic rings. The van der Waals surface area contributed by atoms with E-state index < -0.39 is 0 Å². The standard InChI is InChI=1S/C11H24N2O/c1-12-10-11-6-3-2-4-7-13(11)8-5-9-14/h11-12,14H,2-10H2,1H3. The van der Waals surface area contributed by atoms with Crippen molar-refractivity contribution in [2.75, 3.05) is 33.3 Å². The summed E-state index contributed by atoms with van der Waals surface area (Å²) in [5.74, 6) is 0. The van der Waals surface area contributed by atoms with Crippen molar-refractivity contribution in [3.8, 4) is 0 Å². The molecule has 1 fully saturated rings. The maximum atomic E-state index is 8.84. The van der Waals surface area contributed by atoms with Gasteiger partial charge in [-0.3, -0.25) is 4.90 Å². The lowest BCUT2D eigenvalue weighted by Crippen LogP contribution is -2.41. The number of hydrogen-bond acceptors (Lipinski definition) is 3. The van der Waals surface area contributed by atoms with E-state index in [9.17, 15) is 0 Å². The number of aliphatic hydroxyl groups is 1. The minimum atomic E-state index is 0.322. The van der Waals surface area contributed by atoms with Crippen molar-refractivity contribution in [3.63, 3.8) is 0 Å². The summed E-state index contributed by atoms with van der Waals surface area (Å²) < 4.78 is 0. The summed E-state index contributed by atoms with van der Waals surface area (Å²) in [7, 11) is 2.02. The molecule has 0 aromatic heterocycles. The minimum absolute atomic E-state index is 0.322. The maximum absolute atomic E-state index is 8.84. The first-order valence-corrected chi connectivity index (χ1v) is 5.88. The van der Waals surface area contributed by atoms with Gasteiger partial charge in [0, 0.05) is 25.7 Å². The van der Waals surface area contributed by atoms with E-state index >= 15 is 0 Å². The van der Waals surface area contributed by atoms with Crippen LogP contribution in [0, 0.1) is 0 Å². The van der Waals surface area contributed by atoms with Gasteiger partial charge in [0.15, 0.2) is 0 Å². The van der Waals surface area contributed by atoms with E-state index in [1.165, 1.54) is 32.2 Å². The first-order chi connectivity index (χ1) is 6.88. The molecule has 1 atom stereocenters. The monoisotopic (exact) mass is 200 g/mol. The summed E-state index contributed by atoms with van der Waals surface area (Å²) in [6.45, 7) is 3.68. The third-order valence-corrected chi connectivity index (χ3v) is 3.04. The number of likely N-dealkylation sites (N-methyl/N-ethyl adjacent to an activating group) is 1. The normalized spacial score (nSPS) is 24.9. The second-order valence-corrected chi connectivity index (χ2v) is 4.17. The molecule has 14 heavy (non-hydrogen) atoms. The summed E-state index contributed by atoms with van der Waals surface area (Å²) in [5.41, 5.74) is 0. The number of rotatable bonds is 5. The van der Waals surface area contributed by atoms with Crippen molar-refractivity contribution >= 4 is 0 Å². The Balaban J connectivity index is 2.37. The summed E-state index contributed by atoms with van der Waals surface area (Å²) >= 11 is 0. The fraction of sp³-hybridized carbons (Fsp3) is 1.00. The molecule has 0 aromatic carbocycles. The van der Waals surface area contributed by atoms with Crippen LogP contribution in [0.1, 0.15) is 32.1 Å². The van der Waals surface area contributed by atoms with Crippen LogP contribution in [0.2, 0.25) is 0 Å². The Morgan fingerprint density at radius 2 is 2.21 bits per heavy atom. The van der Waals surface area contributed by atoms with Gasteiger partial charge in [-0.2, -0.15) is 0 Å². The molecule has 0 bridgehead atoms. The third kappa shape index (κ3) is 3.95. The Morgan fingerprint density at radius 1 is 1.36 bits per heavy atom. The third-order valence-electron chi connectivity index (χ3n) is 3.04. The first-order valence-electron chi connectivity index (χ1n) is 5.88. The van der Waals surface area contributed by atoms with E-state index in [1.807, 2.05) is 7.05 Å². The van der Waals surface area contributed by atoms with Crippen molar-refractivity contribution in [2.24, 2.45) is 0 Å².